The maximum Gasteiger partial charge on any atom is 0.271 e. The molecule has 0 saturated heterocycles. The van der Waals surface area contributed by atoms with E-state index in [1.807, 2.05) is 42.5 Å². The average Bonchev–Trinajstić information content (AvgIpc) is 2.80. The quantitative estimate of drug-likeness (QED) is 0.369. The number of hydrogen-bond acceptors (Lipinski definition) is 4. The summed E-state index contributed by atoms with van der Waals surface area (Å²) >= 11 is 0. The van der Waals surface area contributed by atoms with Crippen molar-refractivity contribution in [3.63, 3.8) is 0 Å². The summed E-state index contributed by atoms with van der Waals surface area (Å²) in [6.45, 7) is 10.1. The molecule has 1 heterocycles. The average molecular weight is 444 g/mol. The highest BCUT2D eigenvalue weighted by Crippen LogP contribution is 2.45. The molecule has 1 aliphatic heterocycles. The summed E-state index contributed by atoms with van der Waals surface area (Å²) in [5, 5.41) is 6.38. The van der Waals surface area contributed by atoms with Crippen LogP contribution in [0.3, 0.4) is 0 Å². The minimum atomic E-state index is -0.238. The molecular weight excluding hydrogens is 410 g/mol. The number of hydrogen-bond donors (Lipinski definition) is 1. The number of ether oxygens (including phenoxy) is 1. The van der Waals surface area contributed by atoms with Gasteiger partial charge >= 0.3 is 0 Å². The van der Waals surface area contributed by atoms with E-state index in [1.165, 1.54) is 11.3 Å². The lowest BCUT2D eigenvalue weighted by atomic mass is 9.79. The van der Waals surface area contributed by atoms with E-state index in [1.54, 1.807) is 13.3 Å². The van der Waals surface area contributed by atoms with Gasteiger partial charge in [-0.3, -0.25) is 4.79 Å². The smallest absolute Gasteiger partial charge is 0.271 e. The Hall–Kier alpha value is -3.34. The van der Waals surface area contributed by atoms with Crippen molar-refractivity contribution in [3.8, 4) is 5.75 Å². The van der Waals surface area contributed by atoms with Gasteiger partial charge in [0.2, 0.25) is 0 Å². The van der Waals surface area contributed by atoms with Crippen molar-refractivity contribution in [1.82, 2.24) is 5.43 Å². The van der Waals surface area contributed by atoms with Crippen LogP contribution in [0, 0.1) is 0 Å². The summed E-state index contributed by atoms with van der Waals surface area (Å²) in [6, 6.07) is 17.9. The first kappa shape index (κ1) is 22.8. The van der Waals surface area contributed by atoms with Crippen LogP contribution in [0.25, 0.3) is 10.8 Å². The van der Waals surface area contributed by atoms with Crippen LogP contribution in [0.15, 0.2) is 59.7 Å². The van der Waals surface area contributed by atoms with E-state index in [2.05, 4.69) is 55.3 Å². The molecular formula is C28H33N3O2. The first-order valence-electron chi connectivity index (χ1n) is 11.7. The second-order valence-corrected chi connectivity index (χ2v) is 9.48. The summed E-state index contributed by atoms with van der Waals surface area (Å²) < 4.78 is 5.70. The van der Waals surface area contributed by atoms with E-state index in [0.717, 1.165) is 41.5 Å². The molecule has 1 atom stereocenters. The summed E-state index contributed by atoms with van der Waals surface area (Å²) in [7, 11) is 1.67. The van der Waals surface area contributed by atoms with Crippen LogP contribution < -0.4 is 15.1 Å². The van der Waals surface area contributed by atoms with Crippen molar-refractivity contribution in [2.24, 2.45) is 5.10 Å². The zero-order valence-corrected chi connectivity index (χ0v) is 20.2. The van der Waals surface area contributed by atoms with Crippen molar-refractivity contribution < 1.29 is 9.53 Å². The molecule has 0 saturated carbocycles. The molecule has 1 unspecified atom stereocenters. The van der Waals surface area contributed by atoms with Gasteiger partial charge in [-0.05, 0) is 67.1 Å². The van der Waals surface area contributed by atoms with Gasteiger partial charge in [0.15, 0.2) is 0 Å². The van der Waals surface area contributed by atoms with Crippen LogP contribution in [-0.4, -0.2) is 31.3 Å². The SMILES string of the molecule is CCCN1c2cc(OC)c(/C=N\NC(=O)c3ccc4ccccc4c3)cc2C(C)CC1(C)C. The van der Waals surface area contributed by atoms with Crippen LogP contribution in [0.2, 0.25) is 0 Å². The lowest BCUT2D eigenvalue weighted by molar-refractivity contribution is 0.0955. The van der Waals surface area contributed by atoms with Gasteiger partial charge in [-0.2, -0.15) is 5.10 Å². The second kappa shape index (κ2) is 9.26. The number of carbonyl (C=O) groups excluding carboxylic acids is 1. The number of nitrogens with zero attached hydrogens (tertiary/aromatic N) is 2. The van der Waals surface area contributed by atoms with Crippen LogP contribution in [-0.2, 0) is 0 Å². The molecule has 0 aromatic heterocycles. The Balaban J connectivity index is 1.58. The number of methoxy groups -OCH3 is 1. The number of fused-ring (bicyclic) bond motifs is 2. The van der Waals surface area contributed by atoms with E-state index < -0.39 is 0 Å². The zero-order valence-electron chi connectivity index (χ0n) is 20.2. The van der Waals surface area contributed by atoms with Gasteiger partial charge in [0.25, 0.3) is 5.91 Å². The summed E-state index contributed by atoms with van der Waals surface area (Å²) in [6.07, 6.45) is 3.85. The van der Waals surface area contributed by atoms with Crippen molar-refractivity contribution in [2.75, 3.05) is 18.6 Å². The number of carbonyl (C=O) groups is 1. The number of hydrazone groups is 1. The van der Waals surface area contributed by atoms with Crippen LogP contribution in [0.5, 0.6) is 5.75 Å². The number of rotatable bonds is 6. The van der Waals surface area contributed by atoms with Crippen LogP contribution in [0.4, 0.5) is 5.69 Å². The number of amides is 1. The van der Waals surface area contributed by atoms with Crippen molar-refractivity contribution in [2.45, 2.75) is 52.0 Å². The summed E-state index contributed by atoms with van der Waals surface area (Å²) in [5.74, 6) is 0.940. The Morgan fingerprint density at radius 3 is 2.67 bits per heavy atom. The molecule has 0 radical (unpaired) electrons. The zero-order chi connectivity index (χ0) is 23.6. The van der Waals surface area contributed by atoms with Gasteiger partial charge < -0.3 is 9.64 Å². The highest BCUT2D eigenvalue weighted by atomic mass is 16.5. The van der Waals surface area contributed by atoms with E-state index in [0.29, 0.717) is 11.5 Å². The van der Waals surface area contributed by atoms with Crippen molar-refractivity contribution in [3.05, 3.63) is 71.3 Å². The standard InChI is InChI=1S/C28H33N3O2/c1-6-13-31-25-16-26(33-5)23(15-24(25)19(2)17-28(31,3)4)18-29-30-27(32)22-12-11-20-9-7-8-10-21(20)14-22/h7-12,14-16,18-19H,6,13,17H2,1-5H3,(H,30,32)/b29-18-. The fraction of sp³-hybridized carbons (Fsp3) is 0.357. The lowest BCUT2D eigenvalue weighted by Gasteiger charge is -2.47. The first-order valence-corrected chi connectivity index (χ1v) is 11.7. The van der Waals surface area contributed by atoms with Gasteiger partial charge in [-0.1, -0.05) is 44.2 Å². The molecule has 4 rings (SSSR count). The molecule has 3 aromatic carbocycles. The molecule has 172 valence electrons. The molecule has 5 heteroatoms. The highest BCUT2D eigenvalue weighted by Gasteiger charge is 2.36. The molecule has 0 aliphatic carbocycles. The minimum Gasteiger partial charge on any atom is -0.496 e. The molecule has 33 heavy (non-hydrogen) atoms. The van der Waals surface area contributed by atoms with E-state index in [-0.39, 0.29) is 11.4 Å². The molecule has 0 spiro atoms. The predicted octanol–water partition coefficient (Wildman–Crippen LogP) is 6.11. The fourth-order valence-electron chi connectivity index (χ4n) is 5.01. The minimum absolute atomic E-state index is 0.0941. The Bertz CT molecular complexity index is 1200. The van der Waals surface area contributed by atoms with Gasteiger partial charge in [-0.15, -0.1) is 0 Å². The maximum atomic E-state index is 12.6. The van der Waals surface area contributed by atoms with Gasteiger partial charge in [-0.25, -0.2) is 5.43 Å². The largest absolute Gasteiger partial charge is 0.496 e. The third-order valence-electron chi connectivity index (χ3n) is 6.57. The number of benzene rings is 3. The molecule has 0 fully saturated rings. The number of nitrogens with one attached hydrogen (secondary N) is 1. The van der Waals surface area contributed by atoms with Crippen LogP contribution >= 0.6 is 0 Å². The van der Waals surface area contributed by atoms with E-state index in [9.17, 15) is 4.79 Å². The number of anilines is 1. The molecule has 1 aliphatic rings. The third kappa shape index (κ3) is 4.58. The lowest BCUT2D eigenvalue weighted by Crippen LogP contribution is -2.48. The predicted molar refractivity (Wildman–Crippen MR) is 137 cm³/mol. The second-order valence-electron chi connectivity index (χ2n) is 9.48. The monoisotopic (exact) mass is 443 g/mol. The highest BCUT2D eigenvalue weighted by molar-refractivity contribution is 5.99. The fourth-order valence-corrected chi connectivity index (χ4v) is 5.01. The third-order valence-corrected chi connectivity index (χ3v) is 6.57. The van der Waals surface area contributed by atoms with Gasteiger partial charge in [0, 0.05) is 35.0 Å². The first-order chi connectivity index (χ1) is 15.8. The summed E-state index contributed by atoms with van der Waals surface area (Å²) in [4.78, 5) is 15.1. The Kier molecular flexibility index (Phi) is 6.41. The summed E-state index contributed by atoms with van der Waals surface area (Å²) in [5.41, 5.74) is 6.72. The molecule has 3 aromatic rings. The topological polar surface area (TPSA) is 53.9 Å². The van der Waals surface area contributed by atoms with Gasteiger partial charge in [0.05, 0.1) is 13.3 Å². The Labute approximate surface area is 196 Å². The molecule has 1 amide bonds. The normalized spacial score (nSPS) is 17.2. The maximum absolute atomic E-state index is 12.6. The van der Waals surface area contributed by atoms with Crippen LogP contribution in [0.1, 0.15) is 67.9 Å². The van der Waals surface area contributed by atoms with E-state index in [4.69, 9.17) is 4.74 Å². The molecule has 0 bridgehead atoms. The van der Waals surface area contributed by atoms with E-state index >= 15 is 0 Å². The van der Waals surface area contributed by atoms with Gasteiger partial charge in [0.1, 0.15) is 5.75 Å². The molecule has 5 nitrogen and oxygen atoms in total. The molecule has 1 N–H and O–H groups in total. The Morgan fingerprint density at radius 2 is 1.94 bits per heavy atom. The van der Waals surface area contributed by atoms with Crippen molar-refractivity contribution >= 4 is 28.6 Å². The Morgan fingerprint density at radius 1 is 1.18 bits per heavy atom. The van der Waals surface area contributed by atoms with Crippen molar-refractivity contribution in [1.29, 1.82) is 0 Å².